The Morgan fingerprint density at radius 2 is 2.00 bits per heavy atom. The van der Waals surface area contributed by atoms with E-state index in [4.69, 9.17) is 16.3 Å². The molecule has 1 aliphatic rings. The second-order valence-corrected chi connectivity index (χ2v) is 6.91. The first-order valence-corrected chi connectivity index (χ1v) is 9.62. The molecule has 29 heavy (non-hydrogen) atoms. The van der Waals surface area contributed by atoms with Crippen LogP contribution in [0.2, 0.25) is 5.02 Å². The Balaban J connectivity index is 1.76. The lowest BCUT2D eigenvalue weighted by Crippen LogP contribution is -2.31. The van der Waals surface area contributed by atoms with Crippen LogP contribution in [0.25, 0.3) is 0 Å². The molecule has 2 N–H and O–H groups in total. The number of allylic oxidation sites excluding steroid dienone is 1. The summed E-state index contributed by atoms with van der Waals surface area (Å²) in [6.45, 7) is 4.24. The fourth-order valence-corrected chi connectivity index (χ4v) is 3.65. The third kappa shape index (κ3) is 3.56. The molecule has 1 atom stereocenters. The molecule has 148 valence electrons. The number of nitrogens with zero attached hydrogens (tertiary/aromatic N) is 3. The molecule has 8 heteroatoms. The van der Waals surface area contributed by atoms with Crippen molar-refractivity contribution in [1.29, 1.82) is 0 Å². The van der Waals surface area contributed by atoms with Crippen molar-refractivity contribution in [2.45, 2.75) is 19.9 Å². The first-order chi connectivity index (χ1) is 14.1. The Morgan fingerprint density at radius 3 is 2.79 bits per heavy atom. The van der Waals surface area contributed by atoms with Crippen LogP contribution in [-0.4, -0.2) is 27.3 Å². The van der Waals surface area contributed by atoms with E-state index in [1.165, 1.54) is 6.33 Å². The standard InChI is InChI=1S/C21H20ClN5O2/c1-3-29-17-11-7-6-10-16(17)26-20(28)18-13(2)25-21-23-12-24-27(21)19(18)14-8-4-5-9-15(14)22/h4-12,19H,3H2,1-2H3,(H,26,28)(H,23,24,25). The minimum atomic E-state index is -0.512. The zero-order chi connectivity index (χ0) is 20.4. The topological polar surface area (TPSA) is 81.1 Å². The maximum Gasteiger partial charge on any atom is 0.255 e. The van der Waals surface area contributed by atoms with Gasteiger partial charge in [-0.1, -0.05) is 41.9 Å². The number of hydrogen-bond donors (Lipinski definition) is 2. The Kier molecular flexibility index (Phi) is 5.22. The zero-order valence-corrected chi connectivity index (χ0v) is 16.8. The van der Waals surface area contributed by atoms with Crippen LogP contribution in [0.15, 0.2) is 66.1 Å². The van der Waals surface area contributed by atoms with Gasteiger partial charge in [0.2, 0.25) is 5.95 Å². The van der Waals surface area contributed by atoms with Gasteiger partial charge in [0, 0.05) is 16.3 Å². The van der Waals surface area contributed by atoms with Crippen LogP contribution in [-0.2, 0) is 4.79 Å². The first-order valence-electron chi connectivity index (χ1n) is 9.25. The summed E-state index contributed by atoms with van der Waals surface area (Å²) in [5.74, 6) is 0.896. The number of aromatic nitrogens is 3. The summed E-state index contributed by atoms with van der Waals surface area (Å²) in [7, 11) is 0. The van der Waals surface area contributed by atoms with Crippen molar-refractivity contribution in [2.24, 2.45) is 0 Å². The second-order valence-electron chi connectivity index (χ2n) is 6.50. The summed E-state index contributed by atoms with van der Waals surface area (Å²) in [6.07, 6.45) is 1.45. The molecule has 0 fully saturated rings. The first kappa shape index (κ1) is 19.0. The summed E-state index contributed by atoms with van der Waals surface area (Å²) in [4.78, 5) is 17.6. The van der Waals surface area contributed by atoms with Gasteiger partial charge in [-0.25, -0.2) is 4.68 Å². The maximum atomic E-state index is 13.4. The minimum absolute atomic E-state index is 0.270. The van der Waals surface area contributed by atoms with Crippen LogP contribution in [0.4, 0.5) is 11.6 Å². The Labute approximate surface area is 173 Å². The number of halogens is 1. The van der Waals surface area contributed by atoms with E-state index in [1.807, 2.05) is 50.2 Å². The summed E-state index contributed by atoms with van der Waals surface area (Å²) < 4.78 is 7.30. The van der Waals surface area contributed by atoms with Crippen molar-refractivity contribution in [3.8, 4) is 5.75 Å². The number of fused-ring (bicyclic) bond motifs is 1. The van der Waals surface area contributed by atoms with E-state index >= 15 is 0 Å². The quantitative estimate of drug-likeness (QED) is 0.658. The number of carbonyl (C=O) groups is 1. The van der Waals surface area contributed by atoms with Crippen LogP contribution < -0.4 is 15.4 Å². The SMILES string of the molecule is CCOc1ccccc1NC(=O)C1=C(C)Nc2ncnn2C1c1ccccc1Cl. The van der Waals surface area contributed by atoms with Gasteiger partial charge in [0.1, 0.15) is 18.1 Å². The predicted molar refractivity (Wildman–Crippen MR) is 112 cm³/mol. The van der Waals surface area contributed by atoms with Crippen LogP contribution >= 0.6 is 11.6 Å². The molecule has 0 spiro atoms. The van der Waals surface area contributed by atoms with E-state index in [1.54, 1.807) is 16.8 Å². The predicted octanol–water partition coefficient (Wildman–Crippen LogP) is 4.26. The van der Waals surface area contributed by atoms with Crippen molar-refractivity contribution in [2.75, 3.05) is 17.2 Å². The number of anilines is 2. The highest BCUT2D eigenvalue weighted by atomic mass is 35.5. The average Bonchev–Trinajstić information content (AvgIpc) is 3.17. The van der Waals surface area contributed by atoms with Crippen LogP contribution in [0.3, 0.4) is 0 Å². The van der Waals surface area contributed by atoms with Gasteiger partial charge in [-0.2, -0.15) is 10.1 Å². The van der Waals surface area contributed by atoms with Gasteiger partial charge < -0.3 is 15.4 Å². The lowest BCUT2D eigenvalue weighted by Gasteiger charge is -2.29. The van der Waals surface area contributed by atoms with Gasteiger partial charge in [-0.05, 0) is 32.0 Å². The molecule has 1 aliphatic heterocycles. The highest BCUT2D eigenvalue weighted by Gasteiger charge is 2.34. The van der Waals surface area contributed by atoms with Gasteiger partial charge in [0.15, 0.2) is 0 Å². The number of carbonyl (C=O) groups excluding carboxylic acids is 1. The van der Waals surface area contributed by atoms with Gasteiger partial charge in [0.25, 0.3) is 5.91 Å². The zero-order valence-electron chi connectivity index (χ0n) is 16.0. The lowest BCUT2D eigenvalue weighted by molar-refractivity contribution is -0.113. The van der Waals surface area contributed by atoms with Gasteiger partial charge in [0.05, 0.1) is 17.9 Å². The molecule has 0 aliphatic carbocycles. The summed E-state index contributed by atoms with van der Waals surface area (Å²) in [6, 6.07) is 14.2. The van der Waals surface area contributed by atoms with Crippen LogP contribution in [0.5, 0.6) is 5.75 Å². The van der Waals surface area contributed by atoms with E-state index < -0.39 is 6.04 Å². The van der Waals surface area contributed by atoms with E-state index in [9.17, 15) is 4.79 Å². The van der Waals surface area contributed by atoms with Crippen LogP contribution in [0, 0.1) is 0 Å². The molecule has 4 rings (SSSR count). The van der Waals surface area contributed by atoms with Crippen molar-refractivity contribution in [3.63, 3.8) is 0 Å². The number of ether oxygens (including phenoxy) is 1. The molecule has 7 nitrogen and oxygen atoms in total. The molecule has 0 saturated heterocycles. The average molecular weight is 410 g/mol. The van der Waals surface area contributed by atoms with E-state index in [0.717, 1.165) is 5.56 Å². The Morgan fingerprint density at radius 1 is 1.24 bits per heavy atom. The van der Waals surface area contributed by atoms with E-state index in [2.05, 4.69) is 20.7 Å². The van der Waals surface area contributed by atoms with Crippen molar-refractivity contribution < 1.29 is 9.53 Å². The number of amides is 1. The summed E-state index contributed by atoms with van der Waals surface area (Å²) >= 11 is 6.48. The largest absolute Gasteiger partial charge is 0.492 e. The Bertz CT molecular complexity index is 1090. The number of hydrogen-bond acceptors (Lipinski definition) is 5. The van der Waals surface area contributed by atoms with Crippen molar-refractivity contribution in [3.05, 3.63) is 76.7 Å². The molecular formula is C21H20ClN5O2. The molecule has 2 heterocycles. The van der Waals surface area contributed by atoms with Gasteiger partial charge in [-0.3, -0.25) is 4.79 Å². The van der Waals surface area contributed by atoms with E-state index in [0.29, 0.717) is 40.3 Å². The number of para-hydroxylation sites is 2. The Hall–Kier alpha value is -3.32. The third-order valence-corrected chi connectivity index (χ3v) is 5.02. The maximum absolute atomic E-state index is 13.4. The molecular weight excluding hydrogens is 390 g/mol. The smallest absolute Gasteiger partial charge is 0.255 e. The second kappa shape index (κ2) is 7.97. The molecule has 1 amide bonds. The van der Waals surface area contributed by atoms with Crippen LogP contribution in [0.1, 0.15) is 25.5 Å². The molecule has 0 radical (unpaired) electrons. The molecule has 1 aromatic heterocycles. The van der Waals surface area contributed by atoms with Crippen molar-refractivity contribution >= 4 is 29.1 Å². The number of benzene rings is 2. The van der Waals surface area contributed by atoms with Gasteiger partial charge in [-0.15, -0.1) is 0 Å². The molecule has 0 saturated carbocycles. The lowest BCUT2D eigenvalue weighted by atomic mass is 9.95. The monoisotopic (exact) mass is 409 g/mol. The molecule has 0 bridgehead atoms. The minimum Gasteiger partial charge on any atom is -0.492 e. The van der Waals surface area contributed by atoms with Crippen molar-refractivity contribution in [1.82, 2.24) is 14.8 Å². The third-order valence-electron chi connectivity index (χ3n) is 4.67. The fraction of sp³-hybridized carbons (Fsp3) is 0.190. The normalized spacial score (nSPS) is 15.5. The van der Waals surface area contributed by atoms with Gasteiger partial charge >= 0.3 is 0 Å². The molecule has 2 aromatic carbocycles. The highest BCUT2D eigenvalue weighted by Crippen LogP contribution is 2.38. The highest BCUT2D eigenvalue weighted by molar-refractivity contribution is 6.31. The number of rotatable bonds is 5. The number of nitrogens with one attached hydrogen (secondary N) is 2. The summed E-state index contributed by atoms with van der Waals surface area (Å²) in [5.41, 5.74) is 2.55. The van der Waals surface area contributed by atoms with E-state index in [-0.39, 0.29) is 5.91 Å². The fourth-order valence-electron chi connectivity index (χ4n) is 3.41. The molecule has 1 unspecified atom stereocenters. The summed E-state index contributed by atoms with van der Waals surface area (Å²) in [5, 5.41) is 11.0. The molecule has 3 aromatic rings.